The minimum Gasteiger partial charge on any atom is -0.497 e. The molecule has 1 aromatic heterocycles. The Kier molecular flexibility index (Phi) is 6.17. The molecule has 4 aromatic rings. The smallest absolute Gasteiger partial charge is 0.261 e. The summed E-state index contributed by atoms with van der Waals surface area (Å²) in [5.74, 6) is 2.94. The fourth-order valence-corrected chi connectivity index (χ4v) is 3.42. The lowest BCUT2D eigenvalue weighted by Crippen LogP contribution is -2.24. The molecular formula is C25H24N2O4. The van der Waals surface area contributed by atoms with Gasteiger partial charge in [0.2, 0.25) is 0 Å². The predicted molar refractivity (Wildman–Crippen MR) is 121 cm³/mol. The summed E-state index contributed by atoms with van der Waals surface area (Å²) in [4.78, 5) is 18.0. The fraction of sp³-hybridized carbons (Fsp3) is 0.200. The highest BCUT2D eigenvalue weighted by Gasteiger charge is 2.13. The number of benzene rings is 3. The summed E-state index contributed by atoms with van der Waals surface area (Å²) in [7, 11) is 3.26. The van der Waals surface area contributed by atoms with Crippen molar-refractivity contribution in [2.45, 2.75) is 13.0 Å². The number of rotatable bonds is 8. The van der Waals surface area contributed by atoms with Gasteiger partial charge in [-0.25, -0.2) is 4.98 Å². The summed E-state index contributed by atoms with van der Waals surface area (Å²) in [5.41, 5.74) is 1.49. The number of nitrogens with zero attached hydrogens (tertiary/aromatic N) is 2. The van der Waals surface area contributed by atoms with E-state index in [9.17, 15) is 4.79 Å². The highest BCUT2D eigenvalue weighted by atomic mass is 16.5. The average molecular weight is 416 g/mol. The van der Waals surface area contributed by atoms with Crippen LogP contribution >= 0.6 is 0 Å². The van der Waals surface area contributed by atoms with Crippen LogP contribution in [0, 0.1) is 0 Å². The van der Waals surface area contributed by atoms with Gasteiger partial charge >= 0.3 is 0 Å². The Morgan fingerprint density at radius 1 is 0.806 bits per heavy atom. The molecule has 1 heterocycles. The molecule has 0 radical (unpaired) electrons. The lowest BCUT2D eigenvalue weighted by atomic mass is 10.1. The van der Waals surface area contributed by atoms with E-state index in [2.05, 4.69) is 0 Å². The van der Waals surface area contributed by atoms with Crippen molar-refractivity contribution in [2.24, 2.45) is 0 Å². The number of methoxy groups -OCH3 is 2. The average Bonchev–Trinajstić information content (AvgIpc) is 2.83. The summed E-state index contributed by atoms with van der Waals surface area (Å²) >= 11 is 0. The molecule has 0 aliphatic carbocycles. The fourth-order valence-electron chi connectivity index (χ4n) is 3.42. The topological polar surface area (TPSA) is 62.6 Å². The zero-order chi connectivity index (χ0) is 21.6. The van der Waals surface area contributed by atoms with E-state index in [-0.39, 0.29) is 5.56 Å². The van der Waals surface area contributed by atoms with Crippen molar-refractivity contribution < 1.29 is 14.2 Å². The van der Waals surface area contributed by atoms with E-state index in [1.807, 2.05) is 72.8 Å². The molecule has 4 rings (SSSR count). The van der Waals surface area contributed by atoms with Gasteiger partial charge in [-0.05, 0) is 67.1 Å². The van der Waals surface area contributed by atoms with Crippen LogP contribution in [-0.2, 0) is 6.54 Å². The quantitative estimate of drug-likeness (QED) is 0.394. The zero-order valence-electron chi connectivity index (χ0n) is 17.6. The predicted octanol–water partition coefficient (Wildman–Crippen LogP) is 4.55. The zero-order valence-corrected chi connectivity index (χ0v) is 17.6. The third kappa shape index (κ3) is 4.53. The first kappa shape index (κ1) is 20.5. The molecular weight excluding hydrogens is 392 g/mol. The van der Waals surface area contributed by atoms with Gasteiger partial charge in [-0.2, -0.15) is 0 Å². The molecule has 0 amide bonds. The highest BCUT2D eigenvalue weighted by Crippen LogP contribution is 2.22. The molecule has 0 bridgehead atoms. The molecule has 6 nitrogen and oxygen atoms in total. The minimum atomic E-state index is -0.0548. The summed E-state index contributed by atoms with van der Waals surface area (Å²) in [6.45, 7) is 0.974. The molecule has 31 heavy (non-hydrogen) atoms. The van der Waals surface area contributed by atoms with Crippen LogP contribution < -0.4 is 19.8 Å². The maximum absolute atomic E-state index is 13.2. The minimum absolute atomic E-state index is 0.0548. The van der Waals surface area contributed by atoms with Gasteiger partial charge in [0.15, 0.2) is 0 Å². The largest absolute Gasteiger partial charge is 0.497 e. The van der Waals surface area contributed by atoms with Gasteiger partial charge in [0.1, 0.15) is 23.1 Å². The van der Waals surface area contributed by atoms with Crippen molar-refractivity contribution in [3.8, 4) is 28.6 Å². The molecule has 0 fully saturated rings. The third-order valence-electron chi connectivity index (χ3n) is 5.06. The van der Waals surface area contributed by atoms with Crippen molar-refractivity contribution in [1.29, 1.82) is 0 Å². The summed E-state index contributed by atoms with van der Waals surface area (Å²) in [6.07, 6.45) is 0.662. The van der Waals surface area contributed by atoms with Crippen LogP contribution in [0.25, 0.3) is 22.3 Å². The maximum Gasteiger partial charge on any atom is 0.261 e. The molecule has 0 unspecified atom stereocenters. The third-order valence-corrected chi connectivity index (χ3v) is 5.06. The van der Waals surface area contributed by atoms with Gasteiger partial charge < -0.3 is 14.2 Å². The van der Waals surface area contributed by atoms with Crippen molar-refractivity contribution in [2.75, 3.05) is 20.8 Å². The SMILES string of the molecule is COc1ccc(OCCCn2c(-c3ccc(OC)cc3)nc3ccccc3c2=O)cc1. The number of fused-ring (bicyclic) bond motifs is 1. The van der Waals surface area contributed by atoms with E-state index < -0.39 is 0 Å². The summed E-state index contributed by atoms with van der Waals surface area (Å²) in [6, 6.07) is 22.4. The van der Waals surface area contributed by atoms with Crippen LogP contribution in [-0.4, -0.2) is 30.4 Å². The molecule has 0 aliphatic heterocycles. The second-order valence-corrected chi connectivity index (χ2v) is 7.02. The van der Waals surface area contributed by atoms with Gasteiger partial charge in [-0.1, -0.05) is 12.1 Å². The van der Waals surface area contributed by atoms with Gasteiger partial charge in [-0.3, -0.25) is 9.36 Å². The second-order valence-electron chi connectivity index (χ2n) is 7.02. The summed E-state index contributed by atoms with van der Waals surface area (Å²) < 4.78 is 18.0. The molecule has 0 atom stereocenters. The van der Waals surface area contributed by atoms with Crippen molar-refractivity contribution >= 4 is 10.9 Å². The van der Waals surface area contributed by atoms with Crippen LogP contribution in [0.4, 0.5) is 0 Å². The standard InChI is InChI=1S/C25H24N2O4/c1-29-19-10-8-18(9-11-19)24-26-23-7-4-3-6-22(23)25(28)27(24)16-5-17-31-21-14-12-20(30-2)13-15-21/h3-4,6-15H,5,16-17H2,1-2H3. The Morgan fingerprint density at radius 2 is 1.42 bits per heavy atom. The number of para-hydroxylation sites is 1. The Morgan fingerprint density at radius 3 is 2.10 bits per heavy atom. The van der Waals surface area contributed by atoms with Crippen LogP contribution in [0.1, 0.15) is 6.42 Å². The van der Waals surface area contributed by atoms with Gasteiger partial charge in [0, 0.05) is 12.1 Å². The molecule has 158 valence electrons. The van der Waals surface area contributed by atoms with Crippen molar-refractivity contribution in [1.82, 2.24) is 9.55 Å². The first-order chi connectivity index (χ1) is 15.2. The second kappa shape index (κ2) is 9.34. The molecule has 3 aromatic carbocycles. The molecule has 0 aliphatic rings. The van der Waals surface area contributed by atoms with Gasteiger partial charge in [0.05, 0.1) is 31.7 Å². The molecule has 0 saturated carbocycles. The van der Waals surface area contributed by atoms with E-state index in [1.165, 1.54) is 0 Å². The lowest BCUT2D eigenvalue weighted by Gasteiger charge is -2.14. The van der Waals surface area contributed by atoms with Crippen LogP contribution in [0.3, 0.4) is 0 Å². The number of ether oxygens (including phenoxy) is 3. The van der Waals surface area contributed by atoms with Crippen LogP contribution in [0.15, 0.2) is 77.6 Å². The number of hydrogen-bond donors (Lipinski definition) is 0. The van der Waals surface area contributed by atoms with Crippen molar-refractivity contribution in [3.05, 3.63) is 83.2 Å². The maximum atomic E-state index is 13.2. The highest BCUT2D eigenvalue weighted by molar-refractivity contribution is 5.79. The van der Waals surface area contributed by atoms with Crippen LogP contribution in [0.2, 0.25) is 0 Å². The first-order valence-electron chi connectivity index (χ1n) is 10.1. The van der Waals surface area contributed by atoms with E-state index in [4.69, 9.17) is 19.2 Å². The normalized spacial score (nSPS) is 10.8. The van der Waals surface area contributed by atoms with E-state index in [0.717, 1.165) is 22.8 Å². The molecule has 0 N–H and O–H groups in total. The van der Waals surface area contributed by atoms with Gasteiger partial charge in [0.25, 0.3) is 5.56 Å². The summed E-state index contributed by atoms with van der Waals surface area (Å²) in [5, 5.41) is 0.607. The Hall–Kier alpha value is -3.80. The Bertz CT molecular complexity index is 1220. The van der Waals surface area contributed by atoms with E-state index in [1.54, 1.807) is 18.8 Å². The Balaban J connectivity index is 1.58. The number of hydrogen-bond acceptors (Lipinski definition) is 5. The number of aromatic nitrogens is 2. The van der Waals surface area contributed by atoms with Crippen molar-refractivity contribution in [3.63, 3.8) is 0 Å². The van der Waals surface area contributed by atoms with E-state index >= 15 is 0 Å². The first-order valence-corrected chi connectivity index (χ1v) is 10.1. The van der Waals surface area contributed by atoms with Crippen LogP contribution in [0.5, 0.6) is 17.2 Å². The molecule has 0 saturated heterocycles. The monoisotopic (exact) mass is 416 g/mol. The Labute approximate surface area is 180 Å². The molecule has 0 spiro atoms. The van der Waals surface area contributed by atoms with Gasteiger partial charge in [-0.15, -0.1) is 0 Å². The van der Waals surface area contributed by atoms with E-state index in [0.29, 0.717) is 36.3 Å². The lowest BCUT2D eigenvalue weighted by molar-refractivity contribution is 0.300. The molecule has 6 heteroatoms.